The molecule has 0 amide bonds. The average Bonchev–Trinajstić information content (AvgIpc) is 2.49. The van der Waals surface area contributed by atoms with Crippen molar-refractivity contribution in [1.29, 1.82) is 0 Å². The summed E-state index contributed by atoms with van der Waals surface area (Å²) in [7, 11) is 0. The van der Waals surface area contributed by atoms with Gasteiger partial charge in [-0.3, -0.25) is 4.79 Å². The molecule has 0 atom stereocenters. The smallest absolute Gasteiger partial charge is 0.150 e. The summed E-state index contributed by atoms with van der Waals surface area (Å²) >= 11 is 0. The lowest BCUT2D eigenvalue weighted by atomic mass is 9.84. The zero-order valence-corrected chi connectivity index (χ0v) is 11.7. The summed E-state index contributed by atoms with van der Waals surface area (Å²) in [5, 5.41) is 23.0. The van der Waals surface area contributed by atoms with Crippen LogP contribution in [0, 0.1) is 0 Å². The summed E-state index contributed by atoms with van der Waals surface area (Å²) in [6, 6.07) is 6.94. The van der Waals surface area contributed by atoms with Gasteiger partial charge in [0, 0.05) is 5.56 Å². The Bertz CT molecular complexity index is 479. The summed E-state index contributed by atoms with van der Waals surface area (Å²) in [6.07, 6.45) is -0.0265. The van der Waals surface area contributed by atoms with Gasteiger partial charge in [-0.1, -0.05) is 24.3 Å². The number of hydrogen-bond donors (Lipinski definition) is 2. The second-order valence-corrected chi connectivity index (χ2v) is 5.93. The molecule has 5 heteroatoms. The van der Waals surface area contributed by atoms with E-state index >= 15 is 0 Å². The number of carbonyl (C=O) groups is 1. The first-order valence-corrected chi connectivity index (χ1v) is 6.25. The highest BCUT2D eigenvalue weighted by Crippen LogP contribution is 2.47. The molecule has 104 valence electrons. The van der Waals surface area contributed by atoms with Crippen LogP contribution in [0.4, 0.5) is 0 Å². The van der Waals surface area contributed by atoms with Crippen molar-refractivity contribution in [3.05, 3.63) is 35.4 Å². The van der Waals surface area contributed by atoms with Gasteiger partial charge in [-0.05, 0) is 33.3 Å². The van der Waals surface area contributed by atoms with Crippen molar-refractivity contribution >= 4 is 6.29 Å². The zero-order chi connectivity index (χ0) is 14.4. The van der Waals surface area contributed by atoms with Crippen LogP contribution in [0.25, 0.3) is 0 Å². The first kappa shape index (κ1) is 14.1. The number of hydroxylamine groups is 4. The van der Waals surface area contributed by atoms with E-state index in [0.717, 1.165) is 16.4 Å². The molecule has 2 rings (SSSR count). The topological polar surface area (TPSA) is 64.0 Å². The first-order valence-electron chi connectivity index (χ1n) is 6.25. The Balaban J connectivity index is 2.55. The summed E-state index contributed by atoms with van der Waals surface area (Å²) in [5.41, 5.74) is -0.287. The molecule has 1 heterocycles. The number of aldehydes is 1. The molecule has 1 aromatic carbocycles. The molecule has 19 heavy (non-hydrogen) atoms. The highest BCUT2D eigenvalue weighted by atomic mass is 16.6. The predicted molar refractivity (Wildman–Crippen MR) is 70.0 cm³/mol. The van der Waals surface area contributed by atoms with Gasteiger partial charge in [-0.15, -0.1) is 0 Å². The summed E-state index contributed by atoms with van der Waals surface area (Å²) in [6.45, 7) is 7.39. The maximum Gasteiger partial charge on any atom is 0.150 e. The molecule has 1 fully saturated rings. The monoisotopic (exact) mass is 264 g/mol. The third-order valence-electron chi connectivity index (χ3n) is 4.51. The van der Waals surface area contributed by atoms with Crippen LogP contribution >= 0.6 is 0 Å². The second kappa shape index (κ2) is 4.38. The molecule has 0 aromatic heterocycles. The minimum atomic E-state index is -0.758. The Kier molecular flexibility index (Phi) is 3.26. The highest BCUT2D eigenvalue weighted by Gasteiger charge is 2.58. The summed E-state index contributed by atoms with van der Waals surface area (Å²) in [4.78, 5) is 11.1. The molecule has 5 nitrogen and oxygen atoms in total. The van der Waals surface area contributed by atoms with Gasteiger partial charge >= 0.3 is 0 Å². The molecule has 1 aliphatic heterocycles. The largest absolute Gasteiger partial charge is 0.311 e. The normalized spacial score (nSPS) is 23.7. The van der Waals surface area contributed by atoms with E-state index < -0.39 is 17.2 Å². The average molecular weight is 264 g/mol. The van der Waals surface area contributed by atoms with Gasteiger partial charge in [-0.25, -0.2) is 0 Å². The maximum atomic E-state index is 11.1. The van der Waals surface area contributed by atoms with Gasteiger partial charge in [0.1, 0.15) is 12.5 Å². The highest BCUT2D eigenvalue weighted by molar-refractivity contribution is 5.77. The van der Waals surface area contributed by atoms with E-state index in [-0.39, 0.29) is 0 Å². The van der Waals surface area contributed by atoms with E-state index in [4.69, 9.17) is 0 Å². The van der Waals surface area contributed by atoms with E-state index in [9.17, 15) is 15.2 Å². The fraction of sp³-hybridized carbons (Fsp3) is 0.500. The van der Waals surface area contributed by atoms with Gasteiger partial charge in [-0.2, -0.15) is 10.1 Å². The van der Waals surface area contributed by atoms with E-state index in [1.807, 2.05) is 27.7 Å². The molecule has 1 aromatic rings. The molecule has 1 saturated heterocycles. The Morgan fingerprint density at radius 2 is 1.53 bits per heavy atom. The number of rotatable bonds is 2. The van der Waals surface area contributed by atoms with Gasteiger partial charge < -0.3 is 10.4 Å². The molecule has 1 aliphatic rings. The van der Waals surface area contributed by atoms with Crippen molar-refractivity contribution in [1.82, 2.24) is 10.1 Å². The lowest BCUT2D eigenvalue weighted by Crippen LogP contribution is -2.52. The van der Waals surface area contributed by atoms with Crippen molar-refractivity contribution < 1.29 is 15.2 Å². The van der Waals surface area contributed by atoms with Crippen molar-refractivity contribution in [2.45, 2.75) is 44.9 Å². The van der Waals surface area contributed by atoms with E-state index in [1.54, 1.807) is 24.3 Å². The number of benzene rings is 1. The van der Waals surface area contributed by atoms with E-state index in [0.29, 0.717) is 11.1 Å². The Morgan fingerprint density at radius 1 is 1.05 bits per heavy atom. The molecule has 0 bridgehead atoms. The van der Waals surface area contributed by atoms with Gasteiger partial charge in [0.15, 0.2) is 0 Å². The minimum Gasteiger partial charge on any atom is -0.311 e. The molecular weight excluding hydrogens is 244 g/mol. The van der Waals surface area contributed by atoms with Crippen LogP contribution in [-0.2, 0) is 0 Å². The molecule has 0 spiro atoms. The van der Waals surface area contributed by atoms with Crippen LogP contribution in [0.1, 0.15) is 49.8 Å². The maximum absolute atomic E-state index is 11.1. The molecule has 0 saturated carbocycles. The number of carbonyl (C=O) groups excluding carboxylic acids is 1. The van der Waals surface area contributed by atoms with Crippen LogP contribution in [0.2, 0.25) is 0 Å². The Hall–Kier alpha value is -1.27. The number of nitrogens with zero attached hydrogens (tertiary/aromatic N) is 2. The minimum absolute atomic E-state index is 0.458. The fourth-order valence-electron chi connectivity index (χ4n) is 2.39. The Labute approximate surface area is 113 Å². The van der Waals surface area contributed by atoms with Crippen molar-refractivity contribution in [3.8, 4) is 0 Å². The third kappa shape index (κ3) is 1.81. The van der Waals surface area contributed by atoms with E-state index in [1.165, 1.54) is 0 Å². The second-order valence-electron chi connectivity index (χ2n) is 5.93. The van der Waals surface area contributed by atoms with Crippen molar-refractivity contribution in [3.63, 3.8) is 0 Å². The van der Waals surface area contributed by atoms with Crippen molar-refractivity contribution in [2.24, 2.45) is 0 Å². The van der Waals surface area contributed by atoms with E-state index in [2.05, 4.69) is 0 Å². The quantitative estimate of drug-likeness (QED) is 0.803. The first-order chi connectivity index (χ1) is 8.75. The van der Waals surface area contributed by atoms with Crippen LogP contribution < -0.4 is 0 Å². The van der Waals surface area contributed by atoms with Crippen LogP contribution in [0.5, 0.6) is 0 Å². The Morgan fingerprint density at radius 3 is 2.00 bits per heavy atom. The van der Waals surface area contributed by atoms with Crippen LogP contribution in [-0.4, -0.2) is 37.9 Å². The van der Waals surface area contributed by atoms with Crippen molar-refractivity contribution in [2.75, 3.05) is 0 Å². The number of hydrogen-bond acceptors (Lipinski definition) is 5. The lowest BCUT2D eigenvalue weighted by Gasteiger charge is -2.37. The van der Waals surface area contributed by atoms with Gasteiger partial charge in [0.25, 0.3) is 0 Å². The molecular formula is C14H20N2O3. The molecule has 0 aliphatic carbocycles. The summed E-state index contributed by atoms with van der Waals surface area (Å²) in [5.74, 6) is 0. The molecule has 0 unspecified atom stereocenters. The standard InChI is InChI=1S/C14H20N2O3/c1-13(2)14(3,4)16(19)12(15(13)18)11-8-6-5-7-10(11)9-17/h5-9,12,18-19H,1-4H3. The SMILES string of the molecule is CC1(C)N(O)C(c2ccccc2C=O)N(O)C1(C)C. The van der Waals surface area contributed by atoms with Crippen LogP contribution in [0.3, 0.4) is 0 Å². The molecule has 0 radical (unpaired) electrons. The van der Waals surface area contributed by atoms with Crippen LogP contribution in [0.15, 0.2) is 24.3 Å². The zero-order valence-electron chi connectivity index (χ0n) is 11.7. The summed E-state index contributed by atoms with van der Waals surface area (Å²) < 4.78 is 0. The molecule has 2 N–H and O–H groups in total. The van der Waals surface area contributed by atoms with Gasteiger partial charge in [0.2, 0.25) is 0 Å². The fourth-order valence-corrected chi connectivity index (χ4v) is 2.39. The van der Waals surface area contributed by atoms with Gasteiger partial charge in [0.05, 0.1) is 11.1 Å². The predicted octanol–water partition coefficient (Wildman–Crippen LogP) is 2.45. The lowest BCUT2D eigenvalue weighted by molar-refractivity contribution is -0.223. The third-order valence-corrected chi connectivity index (χ3v) is 4.51.